The molecule has 0 amide bonds. The molecule has 0 saturated carbocycles. The summed E-state index contributed by atoms with van der Waals surface area (Å²) in [5, 5.41) is 9.47. The number of fused-ring (bicyclic) bond motifs is 1. The molecule has 0 aromatic heterocycles. The number of para-hydroxylation sites is 1. The second kappa shape index (κ2) is 5.81. The summed E-state index contributed by atoms with van der Waals surface area (Å²) in [6.45, 7) is 2.24. The molecule has 0 radical (unpaired) electrons. The maximum Gasteiger partial charge on any atom is 0.448 e. The van der Waals surface area contributed by atoms with Crippen LogP contribution in [0.25, 0.3) is 6.08 Å². The van der Waals surface area contributed by atoms with Crippen LogP contribution >= 0.6 is 0 Å². The van der Waals surface area contributed by atoms with Crippen LogP contribution in [0.5, 0.6) is 5.75 Å². The number of alkyl halides is 3. The molecule has 0 bridgehead atoms. The summed E-state index contributed by atoms with van der Waals surface area (Å²) in [6, 6.07) is 6.16. The molecular formula is C17H18F3NO3. The second-order valence-corrected chi connectivity index (χ2v) is 6.31. The topological polar surface area (TPSA) is 49.8 Å². The monoisotopic (exact) mass is 341 g/mol. The van der Waals surface area contributed by atoms with Crippen molar-refractivity contribution in [2.45, 2.75) is 31.7 Å². The summed E-state index contributed by atoms with van der Waals surface area (Å²) in [6.07, 6.45) is -2.68. The van der Waals surface area contributed by atoms with Crippen molar-refractivity contribution < 1.29 is 27.8 Å². The van der Waals surface area contributed by atoms with E-state index in [1.807, 2.05) is 6.92 Å². The summed E-state index contributed by atoms with van der Waals surface area (Å²) < 4.78 is 47.7. The van der Waals surface area contributed by atoms with Gasteiger partial charge >= 0.3 is 12.1 Å². The lowest BCUT2D eigenvalue weighted by Crippen LogP contribution is -2.67. The molecule has 2 heterocycles. The Morgan fingerprint density at radius 2 is 1.92 bits per heavy atom. The molecule has 1 N–H and O–H groups in total. The summed E-state index contributed by atoms with van der Waals surface area (Å²) >= 11 is 0. The number of hydrogen-bond acceptors (Lipinski definition) is 3. The highest BCUT2D eigenvalue weighted by molar-refractivity contribution is 5.96. The second-order valence-electron chi connectivity index (χ2n) is 6.31. The van der Waals surface area contributed by atoms with Gasteiger partial charge in [0.2, 0.25) is 0 Å². The first-order valence-electron chi connectivity index (χ1n) is 7.81. The standard InChI is InChI=1S/C17H18F3NO3/c1-11-6-8-21(9-7-11)16(17(18,19)20)13(15(22)23)10-12-4-2-3-5-14(12)24-16/h2-5,10-11H,6-9H2,1H3,(H,22,23). The fourth-order valence-electron chi connectivity index (χ4n) is 3.32. The van der Waals surface area contributed by atoms with Crippen LogP contribution in [0.4, 0.5) is 13.2 Å². The van der Waals surface area contributed by atoms with Crippen LogP contribution in [0.2, 0.25) is 0 Å². The third-order valence-corrected chi connectivity index (χ3v) is 4.69. The zero-order valence-electron chi connectivity index (χ0n) is 13.1. The summed E-state index contributed by atoms with van der Waals surface area (Å²) in [5.74, 6) is -1.28. The number of likely N-dealkylation sites (tertiary alicyclic amines) is 1. The third kappa shape index (κ3) is 2.56. The molecule has 1 unspecified atom stereocenters. The summed E-state index contributed by atoms with van der Waals surface area (Å²) in [4.78, 5) is 12.8. The molecule has 0 aliphatic carbocycles. The number of halogens is 3. The van der Waals surface area contributed by atoms with E-state index in [9.17, 15) is 23.1 Å². The van der Waals surface area contributed by atoms with Gasteiger partial charge in [-0.05, 0) is 30.9 Å². The van der Waals surface area contributed by atoms with Crippen molar-refractivity contribution in [1.82, 2.24) is 4.90 Å². The number of benzene rings is 1. The number of aliphatic carboxylic acids is 1. The molecule has 3 rings (SSSR count). The average molecular weight is 341 g/mol. The van der Waals surface area contributed by atoms with Crippen LogP contribution < -0.4 is 4.74 Å². The number of carboxylic acid groups (broad SMARTS) is 1. The molecule has 1 atom stereocenters. The molecule has 1 saturated heterocycles. The zero-order valence-corrected chi connectivity index (χ0v) is 13.1. The Balaban J connectivity index is 2.16. The highest BCUT2D eigenvalue weighted by Gasteiger charge is 2.66. The maximum atomic E-state index is 14.1. The zero-order chi connectivity index (χ0) is 17.5. The number of rotatable bonds is 2. The Morgan fingerprint density at radius 3 is 2.50 bits per heavy atom. The van der Waals surface area contributed by atoms with Gasteiger partial charge in [0.15, 0.2) is 0 Å². The Hall–Kier alpha value is -2.02. The minimum Gasteiger partial charge on any atom is -0.478 e. The molecule has 24 heavy (non-hydrogen) atoms. The van der Waals surface area contributed by atoms with Crippen molar-refractivity contribution in [2.75, 3.05) is 13.1 Å². The largest absolute Gasteiger partial charge is 0.478 e. The number of hydrogen-bond donors (Lipinski definition) is 1. The Kier molecular flexibility index (Phi) is 4.07. The molecular weight excluding hydrogens is 323 g/mol. The normalized spacial score (nSPS) is 25.6. The van der Waals surface area contributed by atoms with Gasteiger partial charge in [0.1, 0.15) is 11.3 Å². The van der Waals surface area contributed by atoms with Crippen LogP contribution in [0.1, 0.15) is 25.3 Å². The Labute approximate surface area is 137 Å². The molecule has 1 aromatic rings. The van der Waals surface area contributed by atoms with Gasteiger partial charge in [-0.1, -0.05) is 25.1 Å². The molecule has 1 aromatic carbocycles. The van der Waals surface area contributed by atoms with Crippen LogP contribution in [-0.2, 0) is 4.79 Å². The average Bonchev–Trinajstić information content (AvgIpc) is 2.53. The van der Waals surface area contributed by atoms with E-state index in [4.69, 9.17) is 4.74 Å². The first-order chi connectivity index (χ1) is 11.3. The van der Waals surface area contributed by atoms with Crippen molar-refractivity contribution in [3.8, 4) is 5.75 Å². The highest BCUT2D eigenvalue weighted by Crippen LogP contribution is 2.48. The molecule has 0 spiro atoms. The Bertz CT molecular complexity index is 678. The van der Waals surface area contributed by atoms with Crippen molar-refractivity contribution in [3.05, 3.63) is 35.4 Å². The molecule has 7 heteroatoms. The molecule has 130 valence electrons. The van der Waals surface area contributed by atoms with E-state index in [0.29, 0.717) is 24.3 Å². The quantitative estimate of drug-likeness (QED) is 0.894. The van der Waals surface area contributed by atoms with Gasteiger partial charge in [0, 0.05) is 18.7 Å². The lowest BCUT2D eigenvalue weighted by molar-refractivity contribution is -0.290. The van der Waals surface area contributed by atoms with Crippen molar-refractivity contribution in [3.63, 3.8) is 0 Å². The third-order valence-electron chi connectivity index (χ3n) is 4.69. The number of carboxylic acids is 1. The number of nitrogens with zero attached hydrogens (tertiary/aromatic N) is 1. The minimum absolute atomic E-state index is 0.0402. The maximum absolute atomic E-state index is 14.1. The van der Waals surface area contributed by atoms with Crippen LogP contribution in [0.3, 0.4) is 0 Å². The van der Waals surface area contributed by atoms with Gasteiger partial charge in [-0.25, -0.2) is 4.79 Å². The first kappa shape index (κ1) is 16.8. The van der Waals surface area contributed by atoms with E-state index < -0.39 is 23.4 Å². The lowest BCUT2D eigenvalue weighted by atomic mass is 9.90. The van der Waals surface area contributed by atoms with Crippen LogP contribution in [-0.4, -0.2) is 41.0 Å². The van der Waals surface area contributed by atoms with Gasteiger partial charge in [0.05, 0.1) is 0 Å². The van der Waals surface area contributed by atoms with Crippen LogP contribution in [0.15, 0.2) is 29.8 Å². The lowest BCUT2D eigenvalue weighted by Gasteiger charge is -2.48. The minimum atomic E-state index is -4.88. The fraction of sp³-hybridized carbons (Fsp3) is 0.471. The number of piperidine rings is 1. The predicted molar refractivity (Wildman–Crippen MR) is 81.4 cm³/mol. The van der Waals surface area contributed by atoms with Crippen molar-refractivity contribution in [1.29, 1.82) is 0 Å². The van der Waals surface area contributed by atoms with E-state index in [0.717, 1.165) is 11.0 Å². The highest BCUT2D eigenvalue weighted by atomic mass is 19.4. The first-order valence-corrected chi connectivity index (χ1v) is 7.81. The van der Waals surface area contributed by atoms with Gasteiger partial charge < -0.3 is 9.84 Å². The van der Waals surface area contributed by atoms with Gasteiger partial charge in [-0.2, -0.15) is 13.2 Å². The van der Waals surface area contributed by atoms with E-state index in [-0.39, 0.29) is 18.8 Å². The predicted octanol–water partition coefficient (Wildman–Crippen LogP) is 3.54. The molecule has 4 nitrogen and oxygen atoms in total. The molecule has 1 fully saturated rings. The number of ether oxygens (including phenoxy) is 1. The van der Waals surface area contributed by atoms with E-state index in [2.05, 4.69) is 0 Å². The van der Waals surface area contributed by atoms with Crippen molar-refractivity contribution >= 4 is 12.0 Å². The van der Waals surface area contributed by atoms with E-state index in [1.54, 1.807) is 12.1 Å². The van der Waals surface area contributed by atoms with Gasteiger partial charge in [-0.3, -0.25) is 4.90 Å². The summed E-state index contributed by atoms with van der Waals surface area (Å²) in [5.41, 5.74) is -3.41. The molecule has 2 aliphatic heterocycles. The Morgan fingerprint density at radius 1 is 1.29 bits per heavy atom. The fourth-order valence-corrected chi connectivity index (χ4v) is 3.32. The SMILES string of the molecule is CC1CCN(C2(C(F)(F)F)Oc3ccccc3C=C2C(=O)O)CC1. The van der Waals surface area contributed by atoms with E-state index in [1.165, 1.54) is 12.1 Å². The van der Waals surface area contributed by atoms with Gasteiger partial charge in [-0.15, -0.1) is 0 Å². The van der Waals surface area contributed by atoms with Crippen LogP contribution in [0, 0.1) is 5.92 Å². The van der Waals surface area contributed by atoms with Gasteiger partial charge in [0.25, 0.3) is 5.72 Å². The number of carbonyl (C=O) groups is 1. The van der Waals surface area contributed by atoms with E-state index >= 15 is 0 Å². The molecule has 2 aliphatic rings. The van der Waals surface area contributed by atoms with Crippen molar-refractivity contribution in [2.24, 2.45) is 5.92 Å². The summed E-state index contributed by atoms with van der Waals surface area (Å²) in [7, 11) is 0. The smallest absolute Gasteiger partial charge is 0.448 e.